The Bertz CT molecular complexity index is 1060. The van der Waals surface area contributed by atoms with Crippen LogP contribution in [0.15, 0.2) is 36.7 Å². The molecule has 1 fully saturated rings. The van der Waals surface area contributed by atoms with E-state index < -0.39 is 0 Å². The van der Waals surface area contributed by atoms with Crippen LogP contribution in [-0.2, 0) is 11.3 Å². The number of nitrogens with one attached hydrogen (secondary N) is 1. The van der Waals surface area contributed by atoms with Gasteiger partial charge in [0.2, 0.25) is 5.91 Å². The first-order chi connectivity index (χ1) is 14.0. The van der Waals surface area contributed by atoms with Gasteiger partial charge in [0.05, 0.1) is 6.20 Å². The number of piperidine rings is 1. The van der Waals surface area contributed by atoms with Gasteiger partial charge in [0.15, 0.2) is 0 Å². The molecule has 3 N–H and O–H groups in total. The highest BCUT2D eigenvalue weighted by atomic mass is 35.5. The van der Waals surface area contributed by atoms with Crippen molar-refractivity contribution in [1.82, 2.24) is 14.3 Å². The molecule has 6 nitrogen and oxygen atoms in total. The number of imidazole rings is 1. The van der Waals surface area contributed by atoms with E-state index in [0.717, 1.165) is 48.3 Å². The van der Waals surface area contributed by atoms with Gasteiger partial charge in [0, 0.05) is 39.8 Å². The third kappa shape index (κ3) is 4.12. The van der Waals surface area contributed by atoms with Gasteiger partial charge in [-0.3, -0.25) is 9.20 Å². The maximum absolute atomic E-state index is 12.8. The molecule has 0 spiro atoms. The Labute approximate surface area is 179 Å². The van der Waals surface area contributed by atoms with Gasteiger partial charge in [-0.1, -0.05) is 29.3 Å². The average molecular weight is 432 g/mol. The Morgan fingerprint density at radius 3 is 2.69 bits per heavy atom. The predicted molar refractivity (Wildman–Crippen MR) is 117 cm³/mol. The minimum atomic E-state index is 0.0187. The van der Waals surface area contributed by atoms with Crippen molar-refractivity contribution in [2.24, 2.45) is 11.7 Å². The molecule has 1 aliphatic rings. The number of aromatic nitrogens is 2. The maximum Gasteiger partial charge on any atom is 0.228 e. The first-order valence-corrected chi connectivity index (χ1v) is 10.4. The average Bonchev–Trinajstić information content (AvgIpc) is 3.09. The van der Waals surface area contributed by atoms with Crippen LogP contribution in [0.4, 0.5) is 5.82 Å². The number of amides is 1. The summed E-state index contributed by atoms with van der Waals surface area (Å²) in [6, 6.07) is 7.30. The van der Waals surface area contributed by atoms with Gasteiger partial charge in [-0.2, -0.15) is 0 Å². The van der Waals surface area contributed by atoms with Gasteiger partial charge in [0.25, 0.3) is 0 Å². The summed E-state index contributed by atoms with van der Waals surface area (Å²) in [5.74, 6) is 0.693. The minimum absolute atomic E-state index is 0.0187. The topological polar surface area (TPSA) is 75.7 Å². The first-order valence-electron chi connectivity index (χ1n) is 9.61. The maximum atomic E-state index is 12.8. The van der Waals surface area contributed by atoms with E-state index in [9.17, 15) is 4.79 Å². The summed E-state index contributed by atoms with van der Waals surface area (Å²) in [7, 11) is 2.08. The molecule has 0 saturated carbocycles. The number of hydrogen-bond acceptors (Lipinski definition) is 4. The number of benzene rings is 1. The van der Waals surface area contributed by atoms with Crippen molar-refractivity contribution in [3.8, 4) is 11.1 Å². The Balaban J connectivity index is 1.69. The molecule has 8 heteroatoms. The second kappa shape index (κ2) is 8.32. The van der Waals surface area contributed by atoms with E-state index in [1.165, 1.54) is 0 Å². The summed E-state index contributed by atoms with van der Waals surface area (Å²) < 4.78 is 1.87. The largest absolute Gasteiger partial charge is 0.326 e. The van der Waals surface area contributed by atoms with Crippen LogP contribution in [0.5, 0.6) is 0 Å². The van der Waals surface area contributed by atoms with Crippen LogP contribution in [-0.4, -0.2) is 40.3 Å². The van der Waals surface area contributed by atoms with Gasteiger partial charge < -0.3 is 16.0 Å². The smallest absolute Gasteiger partial charge is 0.228 e. The SMILES string of the molecule is CN1CCC(C(=O)Nc2cnc3cc(CN)c(-c4ccc(Cl)cc4Cl)cn23)CC1. The standard InChI is InChI=1S/C21H23Cl2N5O/c1-27-6-4-13(5-7-27)21(29)26-20-11-25-19-8-14(10-24)17(12-28(19)20)16-3-2-15(22)9-18(16)23/h2-3,8-9,11-13H,4-7,10,24H2,1H3,(H,26,29). The van der Waals surface area contributed by atoms with Crippen molar-refractivity contribution in [3.63, 3.8) is 0 Å². The van der Waals surface area contributed by atoms with E-state index in [0.29, 0.717) is 22.4 Å². The summed E-state index contributed by atoms with van der Waals surface area (Å²) in [4.78, 5) is 19.4. The molecule has 29 heavy (non-hydrogen) atoms. The van der Waals surface area contributed by atoms with Crippen molar-refractivity contribution >= 4 is 40.6 Å². The summed E-state index contributed by atoms with van der Waals surface area (Å²) in [6.45, 7) is 2.21. The van der Waals surface area contributed by atoms with Gasteiger partial charge >= 0.3 is 0 Å². The van der Waals surface area contributed by atoms with E-state index >= 15 is 0 Å². The number of pyridine rings is 1. The number of fused-ring (bicyclic) bond motifs is 1. The predicted octanol–water partition coefficient (Wildman–Crippen LogP) is 4.05. The molecule has 1 aliphatic heterocycles. The fourth-order valence-corrected chi connectivity index (χ4v) is 4.28. The molecule has 2 aromatic heterocycles. The molecule has 3 aromatic rings. The Morgan fingerprint density at radius 2 is 2.00 bits per heavy atom. The number of nitrogens with zero attached hydrogens (tertiary/aromatic N) is 3. The quantitative estimate of drug-likeness (QED) is 0.653. The van der Waals surface area contributed by atoms with Gasteiger partial charge in [-0.25, -0.2) is 4.98 Å². The van der Waals surface area contributed by atoms with Crippen LogP contribution in [0, 0.1) is 5.92 Å². The van der Waals surface area contributed by atoms with E-state index in [-0.39, 0.29) is 11.8 Å². The van der Waals surface area contributed by atoms with Crippen LogP contribution >= 0.6 is 23.2 Å². The first kappa shape index (κ1) is 20.2. The van der Waals surface area contributed by atoms with Crippen LogP contribution in [0.1, 0.15) is 18.4 Å². The second-order valence-electron chi connectivity index (χ2n) is 7.48. The highest BCUT2D eigenvalue weighted by molar-refractivity contribution is 6.36. The molecule has 0 atom stereocenters. The molecular formula is C21H23Cl2N5O. The fraction of sp³-hybridized carbons (Fsp3) is 0.333. The lowest BCUT2D eigenvalue weighted by Gasteiger charge is -2.27. The van der Waals surface area contributed by atoms with Crippen molar-refractivity contribution in [2.45, 2.75) is 19.4 Å². The van der Waals surface area contributed by atoms with E-state index in [1.807, 2.05) is 22.7 Å². The normalized spacial score (nSPS) is 15.7. The summed E-state index contributed by atoms with van der Waals surface area (Å²) in [5, 5.41) is 4.16. The zero-order valence-corrected chi connectivity index (χ0v) is 17.7. The third-order valence-corrected chi connectivity index (χ3v) is 6.06. The molecule has 1 amide bonds. The van der Waals surface area contributed by atoms with Gasteiger partial charge in [-0.05, 0) is 56.7 Å². The third-order valence-electron chi connectivity index (χ3n) is 5.51. The highest BCUT2D eigenvalue weighted by Crippen LogP contribution is 2.33. The van der Waals surface area contributed by atoms with Crippen molar-refractivity contribution in [2.75, 3.05) is 25.5 Å². The molecule has 1 saturated heterocycles. The number of rotatable bonds is 4. The zero-order chi connectivity index (χ0) is 20.5. The Kier molecular flexibility index (Phi) is 5.79. The molecule has 4 rings (SSSR count). The summed E-state index contributed by atoms with van der Waals surface area (Å²) >= 11 is 12.5. The van der Waals surface area contributed by atoms with E-state index in [4.69, 9.17) is 28.9 Å². The van der Waals surface area contributed by atoms with Crippen LogP contribution < -0.4 is 11.1 Å². The monoisotopic (exact) mass is 431 g/mol. The molecule has 3 heterocycles. The van der Waals surface area contributed by atoms with Crippen molar-refractivity contribution in [1.29, 1.82) is 0 Å². The van der Waals surface area contributed by atoms with Crippen LogP contribution in [0.3, 0.4) is 0 Å². The van der Waals surface area contributed by atoms with E-state index in [1.54, 1.807) is 18.3 Å². The Hall–Kier alpha value is -2.12. The lowest BCUT2D eigenvalue weighted by molar-refractivity contribution is -0.121. The number of halogens is 2. The number of hydrogen-bond donors (Lipinski definition) is 2. The summed E-state index contributed by atoms with van der Waals surface area (Å²) in [5.41, 5.74) is 9.33. The number of anilines is 1. The lowest BCUT2D eigenvalue weighted by Crippen LogP contribution is -2.36. The molecule has 152 valence electrons. The number of carbonyl (C=O) groups is 1. The lowest BCUT2D eigenvalue weighted by atomic mass is 9.96. The summed E-state index contributed by atoms with van der Waals surface area (Å²) in [6.07, 6.45) is 5.32. The van der Waals surface area contributed by atoms with Crippen molar-refractivity contribution in [3.05, 3.63) is 52.3 Å². The molecule has 0 radical (unpaired) electrons. The molecule has 0 unspecified atom stereocenters. The minimum Gasteiger partial charge on any atom is -0.326 e. The van der Waals surface area contributed by atoms with Crippen LogP contribution in [0.2, 0.25) is 10.0 Å². The fourth-order valence-electron chi connectivity index (χ4n) is 3.77. The number of carbonyl (C=O) groups excluding carboxylic acids is 1. The van der Waals surface area contributed by atoms with Crippen LogP contribution in [0.25, 0.3) is 16.8 Å². The van der Waals surface area contributed by atoms with Gasteiger partial charge in [0.1, 0.15) is 11.5 Å². The number of likely N-dealkylation sites (tertiary alicyclic amines) is 1. The van der Waals surface area contributed by atoms with Crippen molar-refractivity contribution < 1.29 is 4.79 Å². The highest BCUT2D eigenvalue weighted by Gasteiger charge is 2.24. The molecular weight excluding hydrogens is 409 g/mol. The molecule has 0 bridgehead atoms. The Morgan fingerprint density at radius 1 is 1.24 bits per heavy atom. The van der Waals surface area contributed by atoms with E-state index in [2.05, 4.69) is 22.2 Å². The number of nitrogens with two attached hydrogens (primary N) is 1. The van der Waals surface area contributed by atoms with Gasteiger partial charge in [-0.15, -0.1) is 0 Å². The molecule has 1 aromatic carbocycles. The molecule has 0 aliphatic carbocycles. The zero-order valence-electron chi connectivity index (χ0n) is 16.2. The second-order valence-corrected chi connectivity index (χ2v) is 8.32.